The molecule has 21 heavy (non-hydrogen) atoms. The summed E-state index contributed by atoms with van der Waals surface area (Å²) < 4.78 is 13.3. The van der Waals surface area contributed by atoms with E-state index in [0.717, 1.165) is 19.3 Å². The molecule has 4 nitrogen and oxygen atoms in total. The molecule has 1 heterocycles. The molecule has 0 aromatic heterocycles. The number of hydrogen-bond donors (Lipinski definition) is 0. The lowest BCUT2D eigenvalue weighted by molar-refractivity contribution is -0.146. The van der Waals surface area contributed by atoms with Gasteiger partial charge in [0.25, 0.3) is 0 Å². The summed E-state index contributed by atoms with van der Waals surface area (Å²) in [6, 6.07) is 5.54. The summed E-state index contributed by atoms with van der Waals surface area (Å²) in [5, 5.41) is 0. The van der Waals surface area contributed by atoms with Crippen molar-refractivity contribution in [1.29, 1.82) is 0 Å². The lowest BCUT2D eigenvalue weighted by atomic mass is 9.84. The molecular weight excluding hydrogens is 271 g/mol. The zero-order valence-corrected chi connectivity index (χ0v) is 12.1. The van der Waals surface area contributed by atoms with Gasteiger partial charge in [0.15, 0.2) is 0 Å². The molecule has 1 aliphatic heterocycles. The van der Waals surface area contributed by atoms with E-state index in [1.165, 1.54) is 12.1 Å². The van der Waals surface area contributed by atoms with Gasteiger partial charge in [-0.3, -0.25) is 9.59 Å². The van der Waals surface area contributed by atoms with Gasteiger partial charge in [0.05, 0.1) is 0 Å². The maximum absolute atomic E-state index is 13.3. The first-order chi connectivity index (χ1) is 10.1. The van der Waals surface area contributed by atoms with E-state index in [2.05, 4.69) is 0 Å². The van der Waals surface area contributed by atoms with Gasteiger partial charge in [0.1, 0.15) is 11.9 Å². The van der Waals surface area contributed by atoms with Crippen molar-refractivity contribution in [2.75, 3.05) is 18.0 Å². The second-order valence-electron chi connectivity index (χ2n) is 5.81. The lowest BCUT2D eigenvalue weighted by Crippen LogP contribution is -2.59. The molecule has 112 valence electrons. The minimum Gasteiger partial charge on any atom is -0.329 e. The molecule has 0 bridgehead atoms. The summed E-state index contributed by atoms with van der Waals surface area (Å²) >= 11 is 0. The number of halogens is 1. The van der Waals surface area contributed by atoms with Crippen LogP contribution >= 0.6 is 0 Å². The van der Waals surface area contributed by atoms with E-state index < -0.39 is 6.04 Å². The van der Waals surface area contributed by atoms with Crippen molar-refractivity contribution in [3.8, 4) is 0 Å². The lowest BCUT2D eigenvalue weighted by Gasteiger charge is -2.41. The number of carbonyl (C=O) groups excluding carboxylic acids is 2. The molecule has 1 aromatic rings. The van der Waals surface area contributed by atoms with E-state index >= 15 is 0 Å². The van der Waals surface area contributed by atoms with E-state index in [-0.39, 0.29) is 23.5 Å². The molecule has 3 rings (SSSR count). The molecule has 1 atom stereocenters. The fourth-order valence-corrected chi connectivity index (χ4v) is 2.96. The molecule has 5 heteroatoms. The Kier molecular flexibility index (Phi) is 3.66. The van der Waals surface area contributed by atoms with Crippen LogP contribution in [-0.2, 0) is 9.59 Å². The third kappa shape index (κ3) is 2.52. The number of rotatable bonds is 2. The Morgan fingerprint density at radius 1 is 1.29 bits per heavy atom. The zero-order valence-electron chi connectivity index (χ0n) is 12.1. The first-order valence-electron chi connectivity index (χ1n) is 7.45. The van der Waals surface area contributed by atoms with Gasteiger partial charge in [-0.1, -0.05) is 12.5 Å². The van der Waals surface area contributed by atoms with Crippen LogP contribution in [0.2, 0.25) is 0 Å². The van der Waals surface area contributed by atoms with Crippen molar-refractivity contribution in [2.24, 2.45) is 5.92 Å². The van der Waals surface area contributed by atoms with Crippen molar-refractivity contribution >= 4 is 17.5 Å². The highest BCUT2D eigenvalue weighted by atomic mass is 19.1. The maximum atomic E-state index is 13.3. The minimum absolute atomic E-state index is 0.0981. The van der Waals surface area contributed by atoms with Crippen LogP contribution in [-0.4, -0.2) is 35.8 Å². The Morgan fingerprint density at radius 2 is 2.05 bits per heavy atom. The van der Waals surface area contributed by atoms with Crippen molar-refractivity contribution < 1.29 is 14.0 Å². The van der Waals surface area contributed by atoms with E-state index in [1.54, 1.807) is 28.9 Å². The molecule has 2 aliphatic rings. The number of anilines is 1. The number of nitrogens with zero attached hydrogens (tertiary/aromatic N) is 2. The van der Waals surface area contributed by atoms with Gasteiger partial charge < -0.3 is 9.80 Å². The number of hydrogen-bond acceptors (Lipinski definition) is 2. The standard InChI is InChI=1S/C16H19FN2O2/c1-11-15(20)19(14-7-3-6-13(17)10-14)9-8-18(11)16(21)12-4-2-5-12/h3,6-7,10-12H,2,4-5,8-9H2,1H3. The van der Waals surface area contributed by atoms with Gasteiger partial charge in [-0.15, -0.1) is 0 Å². The average molecular weight is 290 g/mol. The predicted molar refractivity (Wildman–Crippen MR) is 77.3 cm³/mol. The normalized spacial score (nSPS) is 23.1. The van der Waals surface area contributed by atoms with Crippen LogP contribution in [0.3, 0.4) is 0 Å². The van der Waals surface area contributed by atoms with Crippen LogP contribution in [0.15, 0.2) is 24.3 Å². The Bertz CT molecular complexity index is 571. The summed E-state index contributed by atoms with van der Waals surface area (Å²) in [5.74, 6) is -0.303. The molecule has 1 saturated heterocycles. The highest BCUT2D eigenvalue weighted by molar-refractivity contribution is 6.00. The fourth-order valence-electron chi connectivity index (χ4n) is 2.96. The largest absolute Gasteiger partial charge is 0.329 e. The molecule has 1 aromatic carbocycles. The molecule has 0 spiro atoms. The molecule has 0 N–H and O–H groups in total. The molecule has 2 fully saturated rings. The minimum atomic E-state index is -0.477. The second-order valence-corrected chi connectivity index (χ2v) is 5.81. The Hall–Kier alpha value is -1.91. The third-order valence-electron chi connectivity index (χ3n) is 4.51. The second kappa shape index (κ2) is 5.47. The molecule has 2 amide bonds. The number of benzene rings is 1. The molecule has 0 radical (unpaired) electrons. The smallest absolute Gasteiger partial charge is 0.249 e. The van der Waals surface area contributed by atoms with E-state index in [9.17, 15) is 14.0 Å². The summed E-state index contributed by atoms with van der Waals surface area (Å²) in [4.78, 5) is 28.1. The van der Waals surface area contributed by atoms with Crippen LogP contribution in [0.25, 0.3) is 0 Å². The zero-order chi connectivity index (χ0) is 15.0. The Labute approximate surface area is 123 Å². The molecule has 1 saturated carbocycles. The van der Waals surface area contributed by atoms with Crippen molar-refractivity contribution in [3.63, 3.8) is 0 Å². The van der Waals surface area contributed by atoms with Crippen LogP contribution < -0.4 is 4.90 Å². The fraction of sp³-hybridized carbons (Fsp3) is 0.500. The van der Waals surface area contributed by atoms with Crippen LogP contribution in [0.4, 0.5) is 10.1 Å². The van der Waals surface area contributed by atoms with Crippen LogP contribution in [0.1, 0.15) is 26.2 Å². The van der Waals surface area contributed by atoms with Gasteiger partial charge in [0, 0.05) is 24.7 Å². The third-order valence-corrected chi connectivity index (χ3v) is 4.51. The number of piperazine rings is 1. The molecule has 1 unspecified atom stereocenters. The first kappa shape index (κ1) is 14.0. The highest BCUT2D eigenvalue weighted by Crippen LogP contribution is 2.30. The number of carbonyl (C=O) groups is 2. The van der Waals surface area contributed by atoms with Crippen molar-refractivity contribution in [3.05, 3.63) is 30.1 Å². The Balaban J connectivity index is 1.75. The Morgan fingerprint density at radius 3 is 2.67 bits per heavy atom. The van der Waals surface area contributed by atoms with E-state index in [4.69, 9.17) is 0 Å². The van der Waals surface area contributed by atoms with Gasteiger partial charge in [-0.05, 0) is 38.0 Å². The van der Waals surface area contributed by atoms with Gasteiger partial charge >= 0.3 is 0 Å². The van der Waals surface area contributed by atoms with Crippen molar-refractivity contribution in [1.82, 2.24) is 4.90 Å². The number of amides is 2. The van der Waals surface area contributed by atoms with Gasteiger partial charge in [-0.25, -0.2) is 4.39 Å². The maximum Gasteiger partial charge on any atom is 0.249 e. The van der Waals surface area contributed by atoms with Gasteiger partial charge in [0.2, 0.25) is 11.8 Å². The van der Waals surface area contributed by atoms with Gasteiger partial charge in [-0.2, -0.15) is 0 Å². The summed E-state index contributed by atoms with van der Waals surface area (Å²) in [6.07, 6.45) is 2.97. The summed E-state index contributed by atoms with van der Waals surface area (Å²) in [7, 11) is 0. The van der Waals surface area contributed by atoms with Crippen LogP contribution in [0.5, 0.6) is 0 Å². The molecular formula is C16H19FN2O2. The average Bonchev–Trinajstić information content (AvgIpc) is 2.39. The van der Waals surface area contributed by atoms with E-state index in [1.807, 2.05) is 0 Å². The van der Waals surface area contributed by atoms with E-state index in [0.29, 0.717) is 18.8 Å². The summed E-state index contributed by atoms with van der Waals surface area (Å²) in [6.45, 7) is 2.69. The highest BCUT2D eigenvalue weighted by Gasteiger charge is 2.38. The quantitative estimate of drug-likeness (QED) is 0.837. The SMILES string of the molecule is CC1C(=O)N(c2cccc(F)c2)CCN1C(=O)C1CCC1. The van der Waals surface area contributed by atoms with Crippen LogP contribution in [0, 0.1) is 11.7 Å². The predicted octanol–water partition coefficient (Wildman–Crippen LogP) is 2.19. The monoisotopic (exact) mass is 290 g/mol. The van der Waals surface area contributed by atoms with Crippen molar-refractivity contribution in [2.45, 2.75) is 32.2 Å². The topological polar surface area (TPSA) is 40.6 Å². The first-order valence-corrected chi connectivity index (χ1v) is 7.45. The molecule has 1 aliphatic carbocycles. The summed E-state index contributed by atoms with van der Waals surface area (Å²) in [5.41, 5.74) is 0.558.